The Hall–Kier alpha value is -2.58. The normalized spacial score (nSPS) is 9.95. The third kappa shape index (κ3) is 3.50. The zero-order valence-electron chi connectivity index (χ0n) is 11.4. The SMILES string of the molecule is CN(Cc1cc(N)ccc1Cl)C(=O)c1ccc(C#N)cn1. The third-order valence-corrected chi connectivity index (χ3v) is 3.30. The predicted molar refractivity (Wildman–Crippen MR) is 80.6 cm³/mol. The van der Waals surface area contributed by atoms with Crippen molar-refractivity contribution in [3.8, 4) is 6.07 Å². The molecule has 6 heteroatoms. The molecule has 0 saturated carbocycles. The second kappa shape index (κ2) is 6.25. The second-order valence-electron chi connectivity index (χ2n) is 4.56. The number of aromatic nitrogens is 1. The Kier molecular flexibility index (Phi) is 4.41. The number of nitrogens with zero attached hydrogens (tertiary/aromatic N) is 3. The van der Waals surface area contributed by atoms with Gasteiger partial charge in [-0.3, -0.25) is 4.79 Å². The maximum absolute atomic E-state index is 12.3. The molecule has 0 aliphatic heterocycles. The first-order valence-electron chi connectivity index (χ1n) is 6.17. The summed E-state index contributed by atoms with van der Waals surface area (Å²) in [5.41, 5.74) is 7.76. The molecule has 0 aliphatic rings. The molecule has 5 nitrogen and oxygen atoms in total. The minimum Gasteiger partial charge on any atom is -0.399 e. The van der Waals surface area contributed by atoms with Crippen molar-refractivity contribution < 1.29 is 4.79 Å². The fourth-order valence-corrected chi connectivity index (χ4v) is 2.00. The standard InChI is InChI=1S/C15H13ClN4O/c1-20(9-11-6-12(18)3-4-13(11)16)15(21)14-5-2-10(7-17)8-19-14/h2-6,8H,9,18H2,1H3. The molecular formula is C15H13ClN4O. The van der Waals surface area contributed by atoms with E-state index < -0.39 is 0 Å². The molecule has 0 saturated heterocycles. The van der Waals surface area contributed by atoms with E-state index in [9.17, 15) is 4.79 Å². The van der Waals surface area contributed by atoms with Crippen LogP contribution >= 0.6 is 11.6 Å². The first kappa shape index (κ1) is 14.8. The van der Waals surface area contributed by atoms with Gasteiger partial charge in [0.1, 0.15) is 11.8 Å². The molecule has 1 amide bonds. The van der Waals surface area contributed by atoms with Crippen molar-refractivity contribution in [3.63, 3.8) is 0 Å². The number of nitriles is 1. The van der Waals surface area contributed by atoms with Crippen LogP contribution in [-0.2, 0) is 6.54 Å². The Morgan fingerprint density at radius 1 is 1.43 bits per heavy atom. The fourth-order valence-electron chi connectivity index (χ4n) is 1.83. The quantitative estimate of drug-likeness (QED) is 0.883. The van der Waals surface area contributed by atoms with E-state index in [2.05, 4.69) is 4.98 Å². The van der Waals surface area contributed by atoms with Gasteiger partial charge < -0.3 is 10.6 Å². The molecule has 0 bridgehead atoms. The molecule has 0 fully saturated rings. The number of benzene rings is 1. The summed E-state index contributed by atoms with van der Waals surface area (Å²) in [6, 6.07) is 10.2. The molecule has 0 atom stereocenters. The molecule has 0 radical (unpaired) electrons. The summed E-state index contributed by atoms with van der Waals surface area (Å²) in [5, 5.41) is 9.27. The van der Waals surface area contributed by atoms with Crippen molar-refractivity contribution in [2.45, 2.75) is 6.54 Å². The number of hydrogen-bond acceptors (Lipinski definition) is 4. The van der Waals surface area contributed by atoms with E-state index in [1.807, 2.05) is 6.07 Å². The largest absolute Gasteiger partial charge is 0.399 e. The van der Waals surface area contributed by atoms with Gasteiger partial charge >= 0.3 is 0 Å². The second-order valence-corrected chi connectivity index (χ2v) is 4.96. The van der Waals surface area contributed by atoms with Gasteiger partial charge in [0.15, 0.2) is 0 Å². The Morgan fingerprint density at radius 2 is 2.19 bits per heavy atom. The van der Waals surface area contributed by atoms with Crippen LogP contribution in [0, 0.1) is 11.3 Å². The lowest BCUT2D eigenvalue weighted by molar-refractivity contribution is 0.0779. The highest BCUT2D eigenvalue weighted by Crippen LogP contribution is 2.20. The first-order valence-corrected chi connectivity index (χ1v) is 6.54. The van der Waals surface area contributed by atoms with Gasteiger partial charge in [-0.15, -0.1) is 0 Å². The number of pyridine rings is 1. The van der Waals surface area contributed by atoms with Crippen LogP contribution in [0.3, 0.4) is 0 Å². The highest BCUT2D eigenvalue weighted by Gasteiger charge is 2.14. The third-order valence-electron chi connectivity index (χ3n) is 2.94. The molecule has 1 heterocycles. The smallest absolute Gasteiger partial charge is 0.272 e. The summed E-state index contributed by atoms with van der Waals surface area (Å²) >= 11 is 6.09. The van der Waals surface area contributed by atoms with Crippen LogP contribution in [0.25, 0.3) is 0 Å². The number of carbonyl (C=O) groups is 1. The lowest BCUT2D eigenvalue weighted by atomic mass is 10.2. The molecule has 1 aromatic heterocycles. The summed E-state index contributed by atoms with van der Waals surface area (Å²) in [7, 11) is 1.65. The van der Waals surface area contributed by atoms with Crippen LogP contribution in [0.4, 0.5) is 5.69 Å². The number of anilines is 1. The maximum Gasteiger partial charge on any atom is 0.272 e. The Labute approximate surface area is 127 Å². The van der Waals surface area contributed by atoms with Gasteiger partial charge in [0, 0.05) is 30.5 Å². The van der Waals surface area contributed by atoms with E-state index in [1.165, 1.54) is 17.2 Å². The maximum atomic E-state index is 12.3. The molecule has 0 unspecified atom stereocenters. The highest BCUT2D eigenvalue weighted by atomic mass is 35.5. The van der Waals surface area contributed by atoms with Crippen LogP contribution in [-0.4, -0.2) is 22.8 Å². The Bertz CT molecular complexity index is 707. The van der Waals surface area contributed by atoms with E-state index >= 15 is 0 Å². The van der Waals surface area contributed by atoms with Crippen LogP contribution in [0.2, 0.25) is 5.02 Å². The van der Waals surface area contributed by atoms with Gasteiger partial charge in [0.2, 0.25) is 0 Å². The van der Waals surface area contributed by atoms with E-state index in [4.69, 9.17) is 22.6 Å². The van der Waals surface area contributed by atoms with Crippen LogP contribution in [0.1, 0.15) is 21.6 Å². The molecular weight excluding hydrogens is 288 g/mol. The summed E-state index contributed by atoms with van der Waals surface area (Å²) in [4.78, 5) is 17.7. The number of nitrogen functional groups attached to an aromatic ring is 1. The summed E-state index contributed by atoms with van der Waals surface area (Å²) in [6.45, 7) is 0.324. The number of nitrogens with two attached hydrogens (primary N) is 1. The van der Waals surface area contributed by atoms with Gasteiger partial charge in [-0.25, -0.2) is 4.98 Å². The first-order chi connectivity index (χ1) is 10.0. The van der Waals surface area contributed by atoms with Gasteiger partial charge in [0.05, 0.1) is 5.56 Å². The highest BCUT2D eigenvalue weighted by molar-refractivity contribution is 6.31. The summed E-state index contributed by atoms with van der Waals surface area (Å²) in [6.07, 6.45) is 1.37. The number of rotatable bonds is 3. The van der Waals surface area contributed by atoms with Crippen molar-refractivity contribution >= 4 is 23.2 Å². The molecule has 0 aliphatic carbocycles. The molecule has 2 aromatic rings. The van der Waals surface area contributed by atoms with Gasteiger partial charge in [-0.2, -0.15) is 5.26 Å². The van der Waals surface area contributed by atoms with Gasteiger partial charge in [-0.05, 0) is 35.9 Å². The topological polar surface area (TPSA) is 83.0 Å². The number of hydrogen-bond donors (Lipinski definition) is 1. The van der Waals surface area contributed by atoms with E-state index in [0.29, 0.717) is 22.8 Å². The van der Waals surface area contributed by atoms with Gasteiger partial charge in [0.25, 0.3) is 5.91 Å². The van der Waals surface area contributed by atoms with Crippen molar-refractivity contribution in [1.82, 2.24) is 9.88 Å². The number of halogens is 1. The Balaban J connectivity index is 2.15. The minimum atomic E-state index is -0.252. The Morgan fingerprint density at radius 3 is 2.81 bits per heavy atom. The van der Waals surface area contributed by atoms with E-state index in [1.54, 1.807) is 31.3 Å². The average molecular weight is 301 g/mol. The fraction of sp³-hybridized carbons (Fsp3) is 0.133. The number of amides is 1. The van der Waals surface area contributed by atoms with E-state index in [-0.39, 0.29) is 11.6 Å². The molecule has 2 rings (SSSR count). The van der Waals surface area contributed by atoms with Crippen molar-refractivity contribution in [3.05, 3.63) is 58.4 Å². The van der Waals surface area contributed by atoms with E-state index in [0.717, 1.165) is 5.56 Å². The average Bonchev–Trinajstić information content (AvgIpc) is 2.50. The zero-order valence-corrected chi connectivity index (χ0v) is 12.1. The zero-order chi connectivity index (χ0) is 15.4. The molecule has 21 heavy (non-hydrogen) atoms. The lowest BCUT2D eigenvalue weighted by Gasteiger charge is -2.18. The molecule has 106 valence electrons. The van der Waals surface area contributed by atoms with Crippen molar-refractivity contribution in [1.29, 1.82) is 5.26 Å². The number of carbonyl (C=O) groups excluding carboxylic acids is 1. The summed E-state index contributed by atoms with van der Waals surface area (Å²) < 4.78 is 0. The van der Waals surface area contributed by atoms with Gasteiger partial charge in [-0.1, -0.05) is 11.6 Å². The molecule has 1 aromatic carbocycles. The van der Waals surface area contributed by atoms with Crippen LogP contribution in [0.15, 0.2) is 36.5 Å². The lowest BCUT2D eigenvalue weighted by Crippen LogP contribution is -2.27. The molecule has 2 N–H and O–H groups in total. The van der Waals surface area contributed by atoms with Crippen molar-refractivity contribution in [2.75, 3.05) is 12.8 Å². The van der Waals surface area contributed by atoms with Crippen molar-refractivity contribution in [2.24, 2.45) is 0 Å². The van der Waals surface area contributed by atoms with Crippen LogP contribution in [0.5, 0.6) is 0 Å². The molecule has 0 spiro atoms. The monoisotopic (exact) mass is 300 g/mol. The predicted octanol–water partition coefficient (Wildman–Crippen LogP) is 2.46. The minimum absolute atomic E-state index is 0.252. The summed E-state index contributed by atoms with van der Waals surface area (Å²) in [5.74, 6) is -0.252. The van der Waals surface area contributed by atoms with Crippen LogP contribution < -0.4 is 5.73 Å².